The SMILES string of the molecule is Cc1cn([C@H]2C[C@H](O)[C@@H](COP(O)(=S)O[C@H]3C[C@H](n4ccc(N)nc4=O)O[C@@H]3CO)O2)c(=O)[nH]c1=O. The molecule has 198 valence electrons. The molecule has 0 bridgehead atoms. The van der Waals surface area contributed by atoms with Gasteiger partial charge in [-0.3, -0.25) is 18.9 Å². The van der Waals surface area contributed by atoms with Crippen LogP contribution < -0.4 is 22.7 Å². The van der Waals surface area contributed by atoms with Crippen LogP contribution in [0.3, 0.4) is 0 Å². The molecule has 1 unspecified atom stereocenters. The molecule has 2 saturated heterocycles. The van der Waals surface area contributed by atoms with Crippen LogP contribution in [-0.2, 0) is 30.3 Å². The molecule has 0 aliphatic carbocycles. The third-order valence-corrected chi connectivity index (χ3v) is 7.44. The van der Waals surface area contributed by atoms with E-state index in [1.54, 1.807) is 0 Å². The summed E-state index contributed by atoms with van der Waals surface area (Å²) in [7, 11) is 0. The molecule has 6 N–H and O–H groups in total. The minimum absolute atomic E-state index is 0.0314. The van der Waals surface area contributed by atoms with E-state index in [2.05, 4.69) is 9.97 Å². The van der Waals surface area contributed by atoms with E-state index in [4.69, 9.17) is 36.1 Å². The summed E-state index contributed by atoms with van der Waals surface area (Å²) in [5, 5.41) is 20.0. The van der Waals surface area contributed by atoms with Crippen LogP contribution in [0.25, 0.3) is 0 Å². The number of aromatic amines is 1. The van der Waals surface area contributed by atoms with Gasteiger partial charge in [0.25, 0.3) is 5.56 Å². The van der Waals surface area contributed by atoms with Gasteiger partial charge in [-0.05, 0) is 24.8 Å². The maximum absolute atomic E-state index is 12.1. The number of hydrogen-bond donors (Lipinski definition) is 5. The van der Waals surface area contributed by atoms with Crippen molar-refractivity contribution in [1.29, 1.82) is 0 Å². The number of hydrogen-bond acceptors (Lipinski definition) is 12. The van der Waals surface area contributed by atoms with Crippen molar-refractivity contribution in [3.8, 4) is 0 Å². The predicted octanol–water partition coefficient (Wildman–Crippen LogP) is -1.77. The van der Waals surface area contributed by atoms with E-state index >= 15 is 0 Å². The quantitative estimate of drug-likeness (QED) is 0.232. The Kier molecular flexibility index (Phi) is 7.89. The molecular formula is C19H26N5O10PS. The molecule has 0 saturated carbocycles. The Morgan fingerprint density at radius 2 is 1.94 bits per heavy atom. The lowest BCUT2D eigenvalue weighted by Crippen LogP contribution is -2.33. The number of aliphatic hydroxyl groups is 2. The smallest absolute Gasteiger partial charge is 0.351 e. The van der Waals surface area contributed by atoms with Crippen LogP contribution in [0.1, 0.15) is 30.9 Å². The first-order valence-corrected chi connectivity index (χ1v) is 13.5. The molecular weight excluding hydrogens is 521 g/mol. The maximum atomic E-state index is 12.1. The summed E-state index contributed by atoms with van der Waals surface area (Å²) in [5.41, 5.74) is 3.92. The van der Waals surface area contributed by atoms with Gasteiger partial charge in [0.15, 0.2) is 0 Å². The number of aliphatic hydroxyl groups excluding tert-OH is 2. The van der Waals surface area contributed by atoms with Crippen molar-refractivity contribution in [2.45, 2.75) is 56.6 Å². The predicted molar refractivity (Wildman–Crippen MR) is 126 cm³/mol. The van der Waals surface area contributed by atoms with E-state index < -0.39 is 67.1 Å². The van der Waals surface area contributed by atoms with E-state index in [1.807, 2.05) is 0 Å². The molecule has 0 amide bonds. The van der Waals surface area contributed by atoms with Crippen LogP contribution in [0.15, 0.2) is 32.8 Å². The molecule has 36 heavy (non-hydrogen) atoms. The van der Waals surface area contributed by atoms with Gasteiger partial charge >= 0.3 is 18.1 Å². The summed E-state index contributed by atoms with van der Waals surface area (Å²) in [6.07, 6.45) is -2.74. The topological polar surface area (TPSA) is 213 Å². The molecule has 4 heterocycles. The number of anilines is 1. The molecule has 7 atom stereocenters. The summed E-state index contributed by atoms with van der Waals surface area (Å²) in [6, 6.07) is 1.41. The van der Waals surface area contributed by atoms with E-state index in [9.17, 15) is 29.5 Å². The first kappa shape index (κ1) is 26.8. The molecule has 2 aromatic heterocycles. The van der Waals surface area contributed by atoms with Gasteiger partial charge in [0.1, 0.15) is 30.5 Å². The van der Waals surface area contributed by atoms with E-state index in [0.717, 1.165) is 4.57 Å². The van der Waals surface area contributed by atoms with E-state index in [-0.39, 0.29) is 25.3 Å². The third kappa shape index (κ3) is 5.82. The van der Waals surface area contributed by atoms with Gasteiger partial charge in [0.2, 0.25) is 0 Å². The molecule has 2 aromatic rings. The fourth-order valence-electron chi connectivity index (χ4n) is 4.00. The van der Waals surface area contributed by atoms with Crippen molar-refractivity contribution in [2.24, 2.45) is 0 Å². The summed E-state index contributed by atoms with van der Waals surface area (Å²) >= 11 is 5.08. The van der Waals surface area contributed by atoms with Crippen LogP contribution >= 0.6 is 6.72 Å². The summed E-state index contributed by atoms with van der Waals surface area (Å²) in [6.45, 7) is -3.22. The van der Waals surface area contributed by atoms with Crippen LogP contribution in [0.5, 0.6) is 0 Å². The maximum Gasteiger partial charge on any atom is 0.351 e. The van der Waals surface area contributed by atoms with Crippen LogP contribution in [0, 0.1) is 6.92 Å². The lowest BCUT2D eigenvalue weighted by molar-refractivity contribution is -0.0531. The molecule has 17 heteroatoms. The van der Waals surface area contributed by atoms with Crippen LogP contribution in [0.4, 0.5) is 5.82 Å². The van der Waals surface area contributed by atoms with E-state index in [0.29, 0.717) is 5.56 Å². The first-order valence-electron chi connectivity index (χ1n) is 10.9. The standard InChI is InChI=1S/C19H26N5O10PS/c1-9-6-24(19(29)22-17(9)27)15-4-10(26)13(33-15)8-31-35(30,36)34-11-5-16(32-12(11)7-25)23-3-2-14(20)21-18(23)28/h2-3,6,10-13,15-16,25-26H,4-5,7-8H2,1H3,(H,30,36)(H2,20,21,28)(H,22,27,29)/t10-,11-,12+,13+,15+,16+,35?/m0/s1. The largest absolute Gasteiger partial charge is 0.394 e. The van der Waals surface area contributed by atoms with Gasteiger partial charge < -0.3 is 39.4 Å². The Bertz CT molecular complexity index is 1330. The monoisotopic (exact) mass is 547 g/mol. The zero-order valence-corrected chi connectivity index (χ0v) is 20.7. The molecule has 2 fully saturated rings. The lowest BCUT2D eigenvalue weighted by Gasteiger charge is -2.24. The van der Waals surface area contributed by atoms with E-state index in [1.165, 1.54) is 30.0 Å². The van der Waals surface area contributed by atoms with Crippen molar-refractivity contribution >= 4 is 24.3 Å². The Hall–Kier alpha value is -2.27. The molecule has 2 aliphatic rings. The number of nitrogens with zero attached hydrogens (tertiary/aromatic N) is 3. The zero-order valence-electron chi connectivity index (χ0n) is 19.0. The van der Waals surface area contributed by atoms with Crippen LogP contribution in [-0.4, -0.2) is 71.8 Å². The Balaban J connectivity index is 1.37. The lowest BCUT2D eigenvalue weighted by atomic mass is 10.2. The normalized spacial score (nSPS) is 29.9. The molecule has 0 radical (unpaired) electrons. The highest BCUT2D eigenvalue weighted by molar-refractivity contribution is 8.07. The van der Waals surface area contributed by atoms with Crippen molar-refractivity contribution in [2.75, 3.05) is 18.9 Å². The van der Waals surface area contributed by atoms with Gasteiger partial charge in [0, 0.05) is 30.8 Å². The molecule has 2 aliphatic heterocycles. The van der Waals surface area contributed by atoms with Gasteiger partial charge in [-0.25, -0.2) is 9.59 Å². The summed E-state index contributed by atoms with van der Waals surface area (Å²) < 4.78 is 24.6. The Labute approximate surface area is 208 Å². The highest BCUT2D eigenvalue weighted by atomic mass is 32.5. The second-order valence-corrected chi connectivity index (χ2v) is 11.2. The van der Waals surface area contributed by atoms with Gasteiger partial charge in [-0.2, -0.15) is 4.98 Å². The molecule has 4 rings (SSSR count). The number of nitrogen functional groups attached to an aromatic ring is 1. The average Bonchev–Trinajstić information content (AvgIpc) is 3.37. The van der Waals surface area contributed by atoms with Crippen molar-refractivity contribution in [3.05, 3.63) is 55.3 Å². The first-order chi connectivity index (χ1) is 17.0. The van der Waals surface area contributed by atoms with Crippen molar-refractivity contribution < 1.29 is 33.6 Å². The molecule has 15 nitrogen and oxygen atoms in total. The number of nitrogens with one attached hydrogen (secondary N) is 1. The highest BCUT2D eigenvalue weighted by Gasteiger charge is 2.41. The second-order valence-electron chi connectivity index (χ2n) is 8.41. The number of ether oxygens (including phenoxy) is 2. The van der Waals surface area contributed by atoms with Crippen LogP contribution in [0.2, 0.25) is 0 Å². The van der Waals surface area contributed by atoms with Gasteiger partial charge in [-0.15, -0.1) is 0 Å². The average molecular weight is 547 g/mol. The fraction of sp³-hybridized carbons (Fsp3) is 0.579. The third-order valence-electron chi connectivity index (χ3n) is 5.85. The highest BCUT2D eigenvalue weighted by Crippen LogP contribution is 2.49. The number of rotatable bonds is 8. The van der Waals surface area contributed by atoms with Crippen molar-refractivity contribution in [3.63, 3.8) is 0 Å². The minimum atomic E-state index is -3.91. The molecule has 0 aromatic carbocycles. The summed E-state index contributed by atoms with van der Waals surface area (Å²) in [5.74, 6) is 0.0409. The van der Waals surface area contributed by atoms with Crippen molar-refractivity contribution in [1.82, 2.24) is 19.1 Å². The Morgan fingerprint density at radius 3 is 2.64 bits per heavy atom. The van der Waals surface area contributed by atoms with Gasteiger partial charge in [-0.1, -0.05) is 0 Å². The Morgan fingerprint density at radius 1 is 1.25 bits per heavy atom. The number of H-pyrrole nitrogens is 1. The van der Waals surface area contributed by atoms with Gasteiger partial charge in [0.05, 0.1) is 25.4 Å². The number of nitrogens with two attached hydrogens (primary N) is 1. The number of aryl methyl sites for hydroxylation is 1. The number of aromatic nitrogens is 4. The second kappa shape index (κ2) is 10.6. The fourth-order valence-corrected chi connectivity index (χ4v) is 5.47. The zero-order chi connectivity index (χ0) is 26.2. The summed E-state index contributed by atoms with van der Waals surface area (Å²) in [4.78, 5) is 52.2. The molecule has 0 spiro atoms. The minimum Gasteiger partial charge on any atom is -0.394 e.